The van der Waals surface area contributed by atoms with E-state index in [0.717, 1.165) is 32.0 Å². The summed E-state index contributed by atoms with van der Waals surface area (Å²) < 4.78 is 171. The van der Waals surface area contributed by atoms with E-state index >= 15 is 0 Å². The Morgan fingerprint density at radius 3 is 1.57 bits per heavy atom. The molecule has 15 heteroatoms. The molecule has 0 saturated carbocycles. The van der Waals surface area contributed by atoms with Crippen LogP contribution in [0, 0.1) is 3.57 Å². The Morgan fingerprint density at radius 1 is 0.667 bits per heavy atom. The first kappa shape index (κ1) is 25.3. The number of halogens is 14. The van der Waals surface area contributed by atoms with Gasteiger partial charge in [0.25, 0.3) is 0 Å². The Kier molecular flexibility index (Phi) is 5.68. The van der Waals surface area contributed by atoms with E-state index in [0.29, 0.717) is 0 Å². The Bertz CT molecular complexity index is 815. The summed E-state index contributed by atoms with van der Waals surface area (Å²) in [4.78, 5) is 0. The summed E-state index contributed by atoms with van der Waals surface area (Å²) in [5.74, 6) is -30.8. The second-order valence-corrected chi connectivity index (χ2v) is 11.0. The molecule has 174 valence electrons. The molecule has 30 heavy (non-hydrogen) atoms. The normalized spacial score (nSPS) is 19.8. The molecular weight excluding hydrogens is 570 g/mol. The van der Waals surface area contributed by atoms with Crippen LogP contribution in [0.5, 0.6) is 0 Å². The van der Waals surface area contributed by atoms with Gasteiger partial charge in [0.15, 0.2) is 0 Å². The van der Waals surface area contributed by atoms with E-state index in [4.69, 9.17) is 3.07 Å². The van der Waals surface area contributed by atoms with Crippen molar-refractivity contribution in [2.24, 2.45) is 0 Å². The van der Waals surface area contributed by atoms with Gasteiger partial charge in [-0.05, 0) is 0 Å². The summed E-state index contributed by atoms with van der Waals surface area (Å²) in [5.41, 5.74) is -1.92. The molecule has 1 nitrogen and oxygen atoms in total. The van der Waals surface area contributed by atoms with Gasteiger partial charge in [0.05, 0.1) is 0 Å². The minimum absolute atomic E-state index is 0.165. The zero-order chi connectivity index (χ0) is 23.8. The first-order chi connectivity index (χ1) is 13.1. The standard InChI is InChI=1S/C15H10F13IO/c1-9(2)7-5-3-4-6-8(7)29(30-9)15(27,28)13(22,23)11(18,19)10(16,17)12(20,21)14(24,25)26/h3-6H,1-2H3. The van der Waals surface area contributed by atoms with E-state index in [-0.39, 0.29) is 5.56 Å². The molecule has 0 aromatic heterocycles. The quantitative estimate of drug-likeness (QED) is 0.203. The first-order valence-electron chi connectivity index (χ1n) is 7.52. The molecule has 1 aliphatic rings. The molecule has 1 aromatic rings. The van der Waals surface area contributed by atoms with Gasteiger partial charge in [0.2, 0.25) is 0 Å². The number of fused-ring (bicyclic) bond motifs is 1. The number of alkyl halides is 14. The van der Waals surface area contributed by atoms with Crippen LogP contribution in [0.25, 0.3) is 0 Å². The number of benzene rings is 1. The molecule has 0 radical (unpaired) electrons. The molecule has 0 amide bonds. The van der Waals surface area contributed by atoms with Gasteiger partial charge in [-0.1, -0.05) is 0 Å². The predicted molar refractivity (Wildman–Crippen MR) is 84.1 cm³/mol. The van der Waals surface area contributed by atoms with E-state index in [2.05, 4.69) is 0 Å². The van der Waals surface area contributed by atoms with Crippen molar-refractivity contribution in [1.82, 2.24) is 0 Å². The van der Waals surface area contributed by atoms with Gasteiger partial charge in [-0.15, -0.1) is 0 Å². The average molecular weight is 580 g/mol. The van der Waals surface area contributed by atoms with Crippen molar-refractivity contribution in [3.8, 4) is 0 Å². The zero-order valence-electron chi connectivity index (χ0n) is 14.5. The third-order valence-corrected chi connectivity index (χ3v) is 9.53. The fourth-order valence-electron chi connectivity index (χ4n) is 2.41. The van der Waals surface area contributed by atoms with Crippen LogP contribution < -0.4 is 0 Å². The summed E-state index contributed by atoms with van der Waals surface area (Å²) >= 11 is -5.36. The van der Waals surface area contributed by atoms with Crippen molar-refractivity contribution in [1.29, 1.82) is 0 Å². The molecule has 2 rings (SSSR count). The SMILES string of the molecule is CC1(C)OI(C(F)(F)C(F)(F)C(F)(F)C(F)(F)C(F)(F)C(F)(F)F)c2ccccc21. The Balaban J connectivity index is 2.62. The molecule has 0 bridgehead atoms. The second kappa shape index (κ2) is 6.75. The molecule has 1 aliphatic heterocycles. The van der Waals surface area contributed by atoms with Crippen LogP contribution in [0.15, 0.2) is 24.3 Å². The second-order valence-electron chi connectivity index (χ2n) is 6.61. The third kappa shape index (κ3) is 3.16. The van der Waals surface area contributed by atoms with Gasteiger partial charge in [0, 0.05) is 0 Å². The van der Waals surface area contributed by atoms with Gasteiger partial charge in [-0.2, -0.15) is 0 Å². The summed E-state index contributed by atoms with van der Waals surface area (Å²) in [6.07, 6.45) is -7.43. The van der Waals surface area contributed by atoms with Crippen molar-refractivity contribution in [3.63, 3.8) is 0 Å². The third-order valence-electron chi connectivity index (χ3n) is 4.09. The molecule has 0 aliphatic carbocycles. The van der Waals surface area contributed by atoms with Crippen molar-refractivity contribution in [2.75, 3.05) is 0 Å². The average Bonchev–Trinajstić information content (AvgIpc) is 2.85. The number of rotatable bonds is 5. The predicted octanol–water partition coefficient (Wildman–Crippen LogP) is 7.24. The van der Waals surface area contributed by atoms with Gasteiger partial charge in [-0.25, -0.2) is 0 Å². The maximum absolute atomic E-state index is 14.5. The summed E-state index contributed by atoms with van der Waals surface area (Å²) in [6.45, 7) is 2.14. The molecule has 0 saturated heterocycles. The monoisotopic (exact) mass is 580 g/mol. The van der Waals surface area contributed by atoms with Gasteiger partial charge in [0.1, 0.15) is 0 Å². The van der Waals surface area contributed by atoms with Gasteiger partial charge < -0.3 is 0 Å². The van der Waals surface area contributed by atoms with Crippen LogP contribution in [0.4, 0.5) is 57.1 Å². The topological polar surface area (TPSA) is 9.23 Å². The maximum atomic E-state index is 14.5. The van der Waals surface area contributed by atoms with Gasteiger partial charge >= 0.3 is 167 Å². The van der Waals surface area contributed by atoms with Crippen LogP contribution in [0.2, 0.25) is 0 Å². The summed E-state index contributed by atoms with van der Waals surface area (Å²) in [7, 11) is 0. The fourth-order valence-corrected chi connectivity index (χ4v) is 7.84. The van der Waals surface area contributed by atoms with Gasteiger partial charge in [-0.3, -0.25) is 0 Å². The van der Waals surface area contributed by atoms with Crippen LogP contribution >= 0.6 is 20.2 Å². The summed E-state index contributed by atoms with van der Waals surface area (Å²) in [5, 5.41) is 0. The molecule has 0 atom stereocenters. The minimum atomic E-state index is -7.91. The Labute approximate surface area is 167 Å². The number of hydrogen-bond donors (Lipinski definition) is 0. The van der Waals surface area contributed by atoms with Crippen molar-refractivity contribution in [2.45, 2.75) is 53.2 Å². The molecule has 1 heterocycles. The molecule has 1 aromatic carbocycles. The molecular formula is C15H10F13IO. The van der Waals surface area contributed by atoms with Crippen molar-refractivity contribution < 1.29 is 60.1 Å². The van der Waals surface area contributed by atoms with Crippen molar-refractivity contribution in [3.05, 3.63) is 33.4 Å². The Morgan fingerprint density at radius 2 is 1.10 bits per heavy atom. The van der Waals surface area contributed by atoms with E-state index in [1.165, 1.54) is 6.07 Å². The fraction of sp³-hybridized carbons (Fsp3) is 0.600. The van der Waals surface area contributed by atoms with Crippen molar-refractivity contribution >= 4 is 20.2 Å². The van der Waals surface area contributed by atoms with Crippen LogP contribution in [-0.4, -0.2) is 33.8 Å². The van der Waals surface area contributed by atoms with E-state index in [9.17, 15) is 57.1 Å². The van der Waals surface area contributed by atoms with Crippen LogP contribution in [0.3, 0.4) is 0 Å². The van der Waals surface area contributed by atoms with E-state index in [1.807, 2.05) is 0 Å². The van der Waals surface area contributed by atoms with Crippen LogP contribution in [-0.2, 0) is 8.67 Å². The van der Waals surface area contributed by atoms with E-state index in [1.54, 1.807) is 0 Å². The number of hydrogen-bond acceptors (Lipinski definition) is 1. The molecule has 0 fully saturated rings. The first-order valence-corrected chi connectivity index (χ1v) is 10.6. The summed E-state index contributed by atoms with van der Waals surface area (Å²) in [6, 6.07) is 4.14. The molecule has 0 spiro atoms. The zero-order valence-corrected chi connectivity index (χ0v) is 16.7. The molecule has 0 N–H and O–H groups in total. The van der Waals surface area contributed by atoms with E-state index < -0.39 is 63.2 Å². The molecule has 0 unspecified atom stereocenters. The van der Waals surface area contributed by atoms with Crippen LogP contribution in [0.1, 0.15) is 19.4 Å². The Hall–Kier alpha value is -1.00.